The Morgan fingerprint density at radius 3 is 2.65 bits per heavy atom. The summed E-state index contributed by atoms with van der Waals surface area (Å²) in [6.45, 7) is 6.55. The zero-order valence-corrected chi connectivity index (χ0v) is 16.4. The molecule has 1 atom stereocenters. The molecule has 0 spiro atoms. The number of aromatic nitrogens is 1. The minimum absolute atomic E-state index is 0.0416. The summed E-state index contributed by atoms with van der Waals surface area (Å²) in [5, 5.41) is 0. The van der Waals surface area contributed by atoms with Crippen molar-refractivity contribution < 1.29 is 14.3 Å². The van der Waals surface area contributed by atoms with Crippen molar-refractivity contribution in [2.45, 2.75) is 39.2 Å². The van der Waals surface area contributed by atoms with E-state index in [1.54, 1.807) is 17.3 Å². The number of amides is 1. The van der Waals surface area contributed by atoms with E-state index in [1.165, 1.54) is 0 Å². The molecule has 1 fully saturated rings. The van der Waals surface area contributed by atoms with Crippen molar-refractivity contribution in [3.63, 3.8) is 0 Å². The third-order valence-electron chi connectivity index (χ3n) is 4.07. The van der Waals surface area contributed by atoms with Crippen LogP contribution in [-0.4, -0.2) is 59.4 Å². The Morgan fingerprint density at radius 1 is 1.35 bits per heavy atom. The zero-order chi connectivity index (χ0) is 19.3. The summed E-state index contributed by atoms with van der Waals surface area (Å²) in [6, 6.07) is 3.70. The molecule has 0 saturated carbocycles. The second-order valence-corrected chi connectivity index (χ2v) is 7.88. The molecule has 6 heteroatoms. The summed E-state index contributed by atoms with van der Waals surface area (Å²) in [5.41, 5.74) is 0.874. The van der Waals surface area contributed by atoms with Crippen LogP contribution in [0, 0.1) is 5.92 Å². The van der Waals surface area contributed by atoms with Gasteiger partial charge in [0, 0.05) is 62.8 Å². The van der Waals surface area contributed by atoms with Crippen molar-refractivity contribution in [2.24, 2.45) is 5.92 Å². The molecule has 0 unspecified atom stereocenters. The smallest absolute Gasteiger partial charge is 0.410 e. The van der Waals surface area contributed by atoms with Crippen LogP contribution >= 0.6 is 0 Å². The van der Waals surface area contributed by atoms with Crippen LogP contribution in [0.15, 0.2) is 30.7 Å². The lowest BCUT2D eigenvalue weighted by atomic mass is 9.88. The van der Waals surface area contributed by atoms with Gasteiger partial charge in [-0.05, 0) is 39.7 Å². The van der Waals surface area contributed by atoms with Gasteiger partial charge in [-0.25, -0.2) is 4.79 Å². The number of rotatable bonds is 4. The molecule has 1 aliphatic rings. The van der Waals surface area contributed by atoms with Crippen LogP contribution in [0.3, 0.4) is 0 Å². The summed E-state index contributed by atoms with van der Waals surface area (Å²) < 4.78 is 5.46. The Hall–Kier alpha value is -2.37. The lowest BCUT2D eigenvalue weighted by molar-refractivity contribution is -0.118. The van der Waals surface area contributed by atoms with Crippen LogP contribution in [0.2, 0.25) is 0 Å². The maximum absolute atomic E-state index is 13.2. The number of Topliss-reactive ketones (excluding diaryl/α,β-unsaturated/α-hetero) is 1. The molecular formula is C20H29N3O3. The molecule has 0 aliphatic carbocycles. The van der Waals surface area contributed by atoms with Gasteiger partial charge in [0.1, 0.15) is 5.60 Å². The molecule has 1 saturated heterocycles. The van der Waals surface area contributed by atoms with Crippen molar-refractivity contribution in [3.8, 4) is 0 Å². The fraction of sp³-hybridized carbons (Fsp3) is 0.550. The largest absolute Gasteiger partial charge is 0.444 e. The quantitative estimate of drug-likeness (QED) is 0.773. The number of hydrogen-bond acceptors (Lipinski definition) is 5. The van der Waals surface area contributed by atoms with Gasteiger partial charge in [0.2, 0.25) is 0 Å². The second-order valence-electron chi connectivity index (χ2n) is 7.88. The Bertz CT molecular complexity index is 663. The van der Waals surface area contributed by atoms with Crippen LogP contribution in [0.5, 0.6) is 0 Å². The van der Waals surface area contributed by atoms with Gasteiger partial charge in [-0.1, -0.05) is 6.07 Å². The number of ketones is 1. The first-order valence-electron chi connectivity index (χ1n) is 8.98. The molecule has 0 N–H and O–H groups in total. The number of piperidine rings is 1. The standard InChI is InChI=1S/C20H29N3O3/c1-20(2,3)26-19(25)23-11-7-9-16(13-23)18(24)17(14-22(4)5)15-8-6-10-21-12-15/h6,8,10,12,14,16H,7,9,11,13H2,1-5H3/b17-14+/t16-/m1/s1. The average Bonchev–Trinajstić information content (AvgIpc) is 2.58. The molecule has 1 amide bonds. The van der Waals surface area contributed by atoms with Crippen LogP contribution in [0.25, 0.3) is 5.57 Å². The third kappa shape index (κ3) is 5.58. The fourth-order valence-corrected chi connectivity index (χ4v) is 2.96. The van der Waals surface area contributed by atoms with Gasteiger partial charge in [-0.2, -0.15) is 0 Å². The molecule has 0 aromatic carbocycles. The van der Waals surface area contributed by atoms with Gasteiger partial charge < -0.3 is 14.5 Å². The molecule has 142 valence electrons. The number of carbonyl (C=O) groups is 2. The minimum Gasteiger partial charge on any atom is -0.444 e. The Morgan fingerprint density at radius 2 is 2.08 bits per heavy atom. The van der Waals surface area contributed by atoms with E-state index in [0.29, 0.717) is 18.7 Å². The van der Waals surface area contributed by atoms with E-state index in [1.807, 2.05) is 58.1 Å². The summed E-state index contributed by atoms with van der Waals surface area (Å²) in [4.78, 5) is 33.2. The number of hydrogen-bond donors (Lipinski definition) is 0. The van der Waals surface area contributed by atoms with E-state index < -0.39 is 5.60 Å². The lowest BCUT2D eigenvalue weighted by Gasteiger charge is -2.34. The normalized spacial score (nSPS) is 18.4. The van der Waals surface area contributed by atoms with Gasteiger partial charge in [0.15, 0.2) is 5.78 Å². The molecule has 0 radical (unpaired) electrons. The maximum atomic E-state index is 13.2. The number of ether oxygens (including phenoxy) is 1. The topological polar surface area (TPSA) is 62.7 Å². The van der Waals surface area contributed by atoms with E-state index in [0.717, 1.165) is 18.4 Å². The van der Waals surface area contributed by atoms with Crippen molar-refractivity contribution in [2.75, 3.05) is 27.2 Å². The lowest BCUT2D eigenvalue weighted by Crippen LogP contribution is -2.44. The Kier molecular flexibility index (Phi) is 6.40. The van der Waals surface area contributed by atoms with Crippen molar-refractivity contribution in [1.29, 1.82) is 0 Å². The molecule has 6 nitrogen and oxygen atoms in total. The molecule has 0 bridgehead atoms. The number of nitrogens with zero attached hydrogens (tertiary/aromatic N) is 3. The van der Waals surface area contributed by atoms with E-state index in [9.17, 15) is 9.59 Å². The van der Waals surface area contributed by atoms with Crippen LogP contribution in [0.1, 0.15) is 39.2 Å². The average molecular weight is 359 g/mol. The number of pyridine rings is 1. The predicted octanol–water partition coefficient (Wildman–Crippen LogP) is 3.20. The summed E-state index contributed by atoms with van der Waals surface area (Å²) in [6.07, 6.45) is 6.41. The molecule has 26 heavy (non-hydrogen) atoms. The summed E-state index contributed by atoms with van der Waals surface area (Å²) >= 11 is 0. The first-order chi connectivity index (χ1) is 12.2. The van der Waals surface area contributed by atoms with Crippen molar-refractivity contribution >= 4 is 17.4 Å². The highest BCUT2D eigenvalue weighted by Crippen LogP contribution is 2.26. The highest BCUT2D eigenvalue weighted by molar-refractivity contribution is 6.21. The molecule has 2 heterocycles. The van der Waals surface area contributed by atoms with E-state index in [-0.39, 0.29) is 17.8 Å². The Balaban J connectivity index is 2.17. The number of allylic oxidation sites excluding steroid dienone is 1. The minimum atomic E-state index is -0.542. The van der Waals surface area contributed by atoms with Crippen molar-refractivity contribution in [3.05, 3.63) is 36.3 Å². The molecule has 2 rings (SSSR count). The number of likely N-dealkylation sites (tertiary alicyclic amines) is 1. The summed E-state index contributed by atoms with van der Waals surface area (Å²) in [5.74, 6) is -0.192. The van der Waals surface area contributed by atoms with Gasteiger partial charge >= 0.3 is 6.09 Å². The van der Waals surface area contributed by atoms with Gasteiger partial charge in [0.05, 0.1) is 0 Å². The van der Waals surface area contributed by atoms with E-state index in [2.05, 4.69) is 4.98 Å². The van der Waals surface area contributed by atoms with Gasteiger partial charge in [-0.15, -0.1) is 0 Å². The van der Waals surface area contributed by atoms with Crippen LogP contribution < -0.4 is 0 Å². The molecular weight excluding hydrogens is 330 g/mol. The molecule has 1 aromatic rings. The molecule has 1 aliphatic heterocycles. The van der Waals surface area contributed by atoms with E-state index >= 15 is 0 Å². The maximum Gasteiger partial charge on any atom is 0.410 e. The first kappa shape index (κ1) is 19.9. The van der Waals surface area contributed by atoms with Crippen LogP contribution in [-0.2, 0) is 9.53 Å². The molecule has 1 aromatic heterocycles. The second kappa shape index (κ2) is 8.34. The Labute approximate surface area is 155 Å². The monoisotopic (exact) mass is 359 g/mol. The first-order valence-corrected chi connectivity index (χ1v) is 8.98. The summed E-state index contributed by atoms with van der Waals surface area (Å²) in [7, 11) is 3.77. The van der Waals surface area contributed by atoms with Crippen LogP contribution in [0.4, 0.5) is 4.79 Å². The fourth-order valence-electron chi connectivity index (χ4n) is 2.96. The van der Waals surface area contributed by atoms with Gasteiger partial charge in [-0.3, -0.25) is 9.78 Å². The van der Waals surface area contributed by atoms with Crippen molar-refractivity contribution in [1.82, 2.24) is 14.8 Å². The third-order valence-corrected chi connectivity index (χ3v) is 4.07. The van der Waals surface area contributed by atoms with Gasteiger partial charge in [0.25, 0.3) is 0 Å². The zero-order valence-electron chi connectivity index (χ0n) is 16.4. The highest BCUT2D eigenvalue weighted by Gasteiger charge is 2.32. The highest BCUT2D eigenvalue weighted by atomic mass is 16.6. The number of carbonyl (C=O) groups excluding carboxylic acids is 2. The predicted molar refractivity (Wildman–Crippen MR) is 101 cm³/mol. The van der Waals surface area contributed by atoms with E-state index in [4.69, 9.17) is 4.74 Å². The SMILES string of the molecule is CN(C)/C=C(/C(=O)[C@@H]1CCCN(C(=O)OC(C)(C)C)C1)c1cccnc1.